The molecule has 1 aromatic carbocycles. The van der Waals surface area contributed by atoms with Gasteiger partial charge in [-0.3, -0.25) is 0 Å². The fraction of sp³-hybridized carbons (Fsp3) is 0.600. The number of rotatable bonds is 5. The molecule has 4 heteroatoms. The lowest BCUT2D eigenvalue weighted by atomic mass is 10.1. The summed E-state index contributed by atoms with van der Waals surface area (Å²) in [6.45, 7) is 6.09. The summed E-state index contributed by atoms with van der Waals surface area (Å²) in [4.78, 5) is 0. The minimum atomic E-state index is -0.272. The van der Waals surface area contributed by atoms with E-state index in [1.807, 2.05) is 19.1 Å². The molecule has 19 heavy (non-hydrogen) atoms. The Balaban J connectivity index is 1.92. The summed E-state index contributed by atoms with van der Waals surface area (Å²) in [5.41, 5.74) is 1.17. The highest BCUT2D eigenvalue weighted by Gasteiger charge is 2.11. The van der Waals surface area contributed by atoms with Crippen molar-refractivity contribution in [1.29, 1.82) is 0 Å². The van der Waals surface area contributed by atoms with Gasteiger partial charge in [0.2, 0.25) is 0 Å². The van der Waals surface area contributed by atoms with Crippen molar-refractivity contribution in [1.82, 2.24) is 5.32 Å². The van der Waals surface area contributed by atoms with Crippen LogP contribution in [0.5, 0.6) is 11.5 Å². The number of ether oxygens (including phenoxy) is 2. The van der Waals surface area contributed by atoms with E-state index in [2.05, 4.69) is 18.3 Å². The first-order chi connectivity index (χ1) is 9.15. The molecule has 1 aromatic rings. The first-order valence-corrected chi connectivity index (χ1v) is 6.95. The highest BCUT2D eigenvalue weighted by molar-refractivity contribution is 5.43. The molecule has 0 saturated carbocycles. The third kappa shape index (κ3) is 4.40. The van der Waals surface area contributed by atoms with Crippen LogP contribution in [-0.2, 0) is 6.54 Å². The number of benzene rings is 1. The maximum absolute atomic E-state index is 9.33. The minimum Gasteiger partial charge on any atom is -0.490 e. The van der Waals surface area contributed by atoms with Crippen molar-refractivity contribution in [3.63, 3.8) is 0 Å². The molecule has 0 saturated heterocycles. The maximum Gasteiger partial charge on any atom is 0.161 e. The molecule has 2 atom stereocenters. The minimum absolute atomic E-state index is 0.272. The van der Waals surface area contributed by atoms with Gasteiger partial charge in [-0.2, -0.15) is 0 Å². The molecule has 0 aromatic heterocycles. The molecule has 1 aliphatic heterocycles. The quantitative estimate of drug-likeness (QED) is 0.856. The summed E-state index contributed by atoms with van der Waals surface area (Å²) in [6.07, 6.45) is 1.41. The van der Waals surface area contributed by atoms with Crippen LogP contribution < -0.4 is 14.8 Å². The normalized spacial score (nSPS) is 17.6. The van der Waals surface area contributed by atoms with Crippen LogP contribution >= 0.6 is 0 Å². The van der Waals surface area contributed by atoms with Crippen molar-refractivity contribution in [3.05, 3.63) is 23.8 Å². The van der Waals surface area contributed by atoms with Crippen LogP contribution in [0.15, 0.2) is 18.2 Å². The number of hydrogen-bond acceptors (Lipinski definition) is 4. The zero-order valence-electron chi connectivity index (χ0n) is 11.7. The average molecular weight is 265 g/mol. The molecule has 2 N–H and O–H groups in total. The van der Waals surface area contributed by atoms with E-state index in [9.17, 15) is 5.11 Å². The molecule has 0 bridgehead atoms. The smallest absolute Gasteiger partial charge is 0.161 e. The van der Waals surface area contributed by atoms with Crippen LogP contribution in [0.25, 0.3) is 0 Å². The molecule has 1 aliphatic rings. The molecule has 2 rings (SSSR count). The van der Waals surface area contributed by atoms with Gasteiger partial charge in [-0.15, -0.1) is 0 Å². The van der Waals surface area contributed by atoms with Gasteiger partial charge in [0.05, 0.1) is 19.3 Å². The molecule has 0 fully saturated rings. The first-order valence-electron chi connectivity index (χ1n) is 6.95. The predicted octanol–water partition coefficient (Wildman–Crippen LogP) is 2.10. The number of aliphatic hydroxyl groups is 1. The average Bonchev–Trinajstić information content (AvgIpc) is 2.60. The lowest BCUT2D eigenvalue weighted by Crippen LogP contribution is -2.28. The van der Waals surface area contributed by atoms with E-state index in [4.69, 9.17) is 9.47 Å². The zero-order chi connectivity index (χ0) is 13.7. The molecular weight excluding hydrogens is 242 g/mol. The Labute approximate surface area is 114 Å². The van der Waals surface area contributed by atoms with Crippen LogP contribution in [0.2, 0.25) is 0 Å². The SMILES string of the molecule is CC(O)CC(C)NCc1ccc2c(c1)OCCCO2. The second kappa shape index (κ2) is 6.78. The van der Waals surface area contributed by atoms with E-state index in [1.54, 1.807) is 0 Å². The van der Waals surface area contributed by atoms with E-state index in [0.29, 0.717) is 6.61 Å². The molecule has 4 nitrogen and oxygen atoms in total. The fourth-order valence-electron chi connectivity index (χ4n) is 2.20. The van der Waals surface area contributed by atoms with E-state index in [0.717, 1.165) is 37.5 Å². The van der Waals surface area contributed by atoms with Gasteiger partial charge >= 0.3 is 0 Å². The van der Waals surface area contributed by atoms with Crippen molar-refractivity contribution >= 4 is 0 Å². The predicted molar refractivity (Wildman–Crippen MR) is 74.6 cm³/mol. The number of nitrogens with one attached hydrogen (secondary N) is 1. The van der Waals surface area contributed by atoms with Crippen molar-refractivity contribution in [2.24, 2.45) is 0 Å². The Morgan fingerprint density at radius 2 is 1.95 bits per heavy atom. The van der Waals surface area contributed by atoms with E-state index in [-0.39, 0.29) is 12.1 Å². The number of fused-ring (bicyclic) bond motifs is 1. The highest BCUT2D eigenvalue weighted by atomic mass is 16.5. The molecule has 1 heterocycles. The monoisotopic (exact) mass is 265 g/mol. The summed E-state index contributed by atoms with van der Waals surface area (Å²) in [6, 6.07) is 6.34. The lowest BCUT2D eigenvalue weighted by molar-refractivity contribution is 0.170. The van der Waals surface area contributed by atoms with Gasteiger partial charge in [-0.05, 0) is 38.0 Å². The largest absolute Gasteiger partial charge is 0.490 e. The van der Waals surface area contributed by atoms with Crippen LogP contribution in [0.4, 0.5) is 0 Å². The van der Waals surface area contributed by atoms with Crippen LogP contribution in [0, 0.1) is 0 Å². The van der Waals surface area contributed by atoms with E-state index < -0.39 is 0 Å². The third-order valence-corrected chi connectivity index (χ3v) is 3.16. The highest BCUT2D eigenvalue weighted by Crippen LogP contribution is 2.30. The molecular formula is C15H23NO3. The van der Waals surface area contributed by atoms with Crippen molar-refractivity contribution in [2.45, 2.75) is 45.4 Å². The lowest BCUT2D eigenvalue weighted by Gasteiger charge is -2.16. The van der Waals surface area contributed by atoms with E-state index in [1.165, 1.54) is 5.56 Å². The Kier molecular flexibility index (Phi) is 5.05. The fourth-order valence-corrected chi connectivity index (χ4v) is 2.20. The summed E-state index contributed by atoms with van der Waals surface area (Å²) < 4.78 is 11.3. The van der Waals surface area contributed by atoms with Crippen molar-refractivity contribution < 1.29 is 14.6 Å². The van der Waals surface area contributed by atoms with Gasteiger partial charge in [0.1, 0.15) is 0 Å². The van der Waals surface area contributed by atoms with Gasteiger partial charge in [-0.1, -0.05) is 6.07 Å². The van der Waals surface area contributed by atoms with Gasteiger partial charge in [0.25, 0.3) is 0 Å². The third-order valence-electron chi connectivity index (χ3n) is 3.16. The second-order valence-corrected chi connectivity index (χ2v) is 5.20. The topological polar surface area (TPSA) is 50.7 Å². The van der Waals surface area contributed by atoms with Gasteiger partial charge in [0, 0.05) is 19.0 Å². The van der Waals surface area contributed by atoms with Gasteiger partial charge in [-0.25, -0.2) is 0 Å². The Morgan fingerprint density at radius 3 is 2.68 bits per heavy atom. The maximum atomic E-state index is 9.33. The van der Waals surface area contributed by atoms with Crippen LogP contribution in [-0.4, -0.2) is 30.5 Å². The summed E-state index contributed by atoms with van der Waals surface area (Å²) >= 11 is 0. The Hall–Kier alpha value is -1.26. The number of aliphatic hydroxyl groups excluding tert-OH is 1. The summed E-state index contributed by atoms with van der Waals surface area (Å²) in [5.74, 6) is 1.67. The molecule has 0 amide bonds. The first kappa shape index (κ1) is 14.2. The van der Waals surface area contributed by atoms with Crippen molar-refractivity contribution in [2.75, 3.05) is 13.2 Å². The Bertz CT molecular complexity index is 406. The molecule has 106 valence electrons. The molecule has 0 spiro atoms. The second-order valence-electron chi connectivity index (χ2n) is 5.20. The zero-order valence-corrected chi connectivity index (χ0v) is 11.7. The molecule has 0 radical (unpaired) electrons. The van der Waals surface area contributed by atoms with Gasteiger partial charge in [0.15, 0.2) is 11.5 Å². The van der Waals surface area contributed by atoms with E-state index >= 15 is 0 Å². The molecule has 0 aliphatic carbocycles. The summed E-state index contributed by atoms with van der Waals surface area (Å²) in [7, 11) is 0. The van der Waals surface area contributed by atoms with Crippen LogP contribution in [0.1, 0.15) is 32.3 Å². The Morgan fingerprint density at radius 1 is 1.21 bits per heavy atom. The standard InChI is InChI=1S/C15H23NO3/c1-11(8-12(2)17)16-10-13-4-5-14-15(9-13)19-7-3-6-18-14/h4-5,9,11-12,16-17H,3,6-8,10H2,1-2H3. The number of hydrogen-bond donors (Lipinski definition) is 2. The molecule has 2 unspecified atom stereocenters. The van der Waals surface area contributed by atoms with Gasteiger partial charge < -0.3 is 19.9 Å². The van der Waals surface area contributed by atoms with Crippen molar-refractivity contribution in [3.8, 4) is 11.5 Å². The van der Waals surface area contributed by atoms with Crippen LogP contribution in [0.3, 0.4) is 0 Å². The summed E-state index contributed by atoms with van der Waals surface area (Å²) in [5, 5.41) is 12.7.